The molecule has 0 saturated heterocycles. The minimum absolute atomic E-state index is 0.123. The number of halogens is 2. The molecular weight excluding hydrogens is 480 g/mol. The van der Waals surface area contributed by atoms with Crippen LogP contribution in [0.15, 0.2) is 77.9 Å². The Balaban J connectivity index is 1.64. The summed E-state index contributed by atoms with van der Waals surface area (Å²) < 4.78 is 39.6. The molecule has 4 rings (SSSR count). The van der Waals surface area contributed by atoms with Gasteiger partial charge in [0.15, 0.2) is 0 Å². The number of carbonyl (C=O) groups is 2. The molecule has 0 N–H and O–H groups in total. The monoisotopic (exact) mass is 507 g/mol. The second-order valence-corrected chi connectivity index (χ2v) is 8.45. The quantitative estimate of drug-likeness (QED) is 0.429. The predicted octanol–water partition coefficient (Wildman–Crippen LogP) is 4.44. The SMILES string of the molecule is COCCN(CC(=O)N1N=C(c2ccccc2F)C[C@@H]1c1ccccc1F)C(=O)c1ccc(OC)cc1. The zero-order valence-corrected chi connectivity index (χ0v) is 20.6. The van der Waals surface area contributed by atoms with Crippen LogP contribution in [0.2, 0.25) is 0 Å². The van der Waals surface area contributed by atoms with Crippen LogP contribution >= 0.6 is 0 Å². The Kier molecular flexibility index (Phi) is 8.25. The maximum absolute atomic E-state index is 14.8. The Bertz CT molecular complexity index is 1300. The maximum atomic E-state index is 14.8. The van der Waals surface area contributed by atoms with Crippen LogP contribution in [-0.4, -0.2) is 61.4 Å². The van der Waals surface area contributed by atoms with Gasteiger partial charge < -0.3 is 14.4 Å². The molecule has 0 spiro atoms. The average molecular weight is 508 g/mol. The van der Waals surface area contributed by atoms with E-state index in [2.05, 4.69) is 5.10 Å². The Hall–Kier alpha value is -4.11. The summed E-state index contributed by atoms with van der Waals surface area (Å²) in [5.41, 5.74) is 1.19. The number of hydrogen-bond acceptors (Lipinski definition) is 5. The fourth-order valence-electron chi connectivity index (χ4n) is 4.19. The Morgan fingerprint density at radius 1 is 0.973 bits per heavy atom. The van der Waals surface area contributed by atoms with Crippen LogP contribution in [0.25, 0.3) is 0 Å². The molecule has 0 fully saturated rings. The van der Waals surface area contributed by atoms with Gasteiger partial charge in [0.2, 0.25) is 0 Å². The molecule has 3 aromatic carbocycles. The summed E-state index contributed by atoms with van der Waals surface area (Å²) in [5, 5.41) is 5.57. The van der Waals surface area contributed by atoms with E-state index in [1.807, 2.05) is 0 Å². The number of ether oxygens (including phenoxy) is 2. The van der Waals surface area contributed by atoms with E-state index in [0.29, 0.717) is 17.0 Å². The minimum atomic E-state index is -0.788. The number of methoxy groups -OCH3 is 2. The second kappa shape index (κ2) is 11.7. The van der Waals surface area contributed by atoms with Crippen molar-refractivity contribution in [3.8, 4) is 5.75 Å². The van der Waals surface area contributed by atoms with E-state index in [0.717, 1.165) is 5.01 Å². The smallest absolute Gasteiger partial charge is 0.262 e. The van der Waals surface area contributed by atoms with E-state index in [-0.39, 0.29) is 43.2 Å². The van der Waals surface area contributed by atoms with Gasteiger partial charge in [-0.15, -0.1) is 0 Å². The summed E-state index contributed by atoms with van der Waals surface area (Å²) in [5.74, 6) is -1.30. The molecule has 1 aliphatic rings. The van der Waals surface area contributed by atoms with Crippen molar-refractivity contribution in [2.24, 2.45) is 5.10 Å². The molecule has 37 heavy (non-hydrogen) atoms. The van der Waals surface area contributed by atoms with Crippen molar-refractivity contribution < 1.29 is 27.8 Å². The van der Waals surface area contributed by atoms with Crippen molar-refractivity contribution in [1.29, 1.82) is 0 Å². The van der Waals surface area contributed by atoms with Gasteiger partial charge in [0.05, 0.1) is 25.5 Å². The summed E-state index contributed by atoms with van der Waals surface area (Å²) >= 11 is 0. The summed E-state index contributed by atoms with van der Waals surface area (Å²) in [4.78, 5) is 28.2. The zero-order valence-electron chi connectivity index (χ0n) is 20.6. The number of rotatable bonds is 9. The van der Waals surface area contributed by atoms with Crippen molar-refractivity contribution in [3.63, 3.8) is 0 Å². The van der Waals surface area contributed by atoms with Crippen LogP contribution in [-0.2, 0) is 9.53 Å². The largest absolute Gasteiger partial charge is 0.497 e. The first-order chi connectivity index (χ1) is 17.9. The highest BCUT2D eigenvalue weighted by atomic mass is 19.1. The van der Waals surface area contributed by atoms with Crippen LogP contribution in [0.5, 0.6) is 5.75 Å². The first kappa shape index (κ1) is 26.0. The molecule has 2 amide bonds. The molecule has 7 nitrogen and oxygen atoms in total. The second-order valence-electron chi connectivity index (χ2n) is 8.45. The molecule has 9 heteroatoms. The van der Waals surface area contributed by atoms with Crippen LogP contribution < -0.4 is 4.74 Å². The van der Waals surface area contributed by atoms with E-state index in [4.69, 9.17) is 9.47 Å². The summed E-state index contributed by atoms with van der Waals surface area (Å²) in [6.45, 7) is 0.0259. The predicted molar refractivity (Wildman–Crippen MR) is 134 cm³/mol. The van der Waals surface area contributed by atoms with Crippen LogP contribution in [0.3, 0.4) is 0 Å². The Morgan fingerprint density at radius 3 is 2.30 bits per heavy atom. The van der Waals surface area contributed by atoms with Gasteiger partial charge >= 0.3 is 0 Å². The average Bonchev–Trinajstić information content (AvgIpc) is 3.36. The summed E-state index contributed by atoms with van der Waals surface area (Å²) in [7, 11) is 3.02. The third kappa shape index (κ3) is 5.83. The molecule has 0 aromatic heterocycles. The van der Waals surface area contributed by atoms with Crippen molar-refractivity contribution in [1.82, 2.24) is 9.91 Å². The molecule has 3 aromatic rings. The van der Waals surface area contributed by atoms with Gasteiger partial charge in [0.1, 0.15) is 23.9 Å². The molecular formula is C28H27F2N3O4. The highest BCUT2D eigenvalue weighted by molar-refractivity contribution is 6.04. The molecule has 0 saturated carbocycles. The normalized spacial score (nSPS) is 14.9. The molecule has 0 bridgehead atoms. The van der Waals surface area contributed by atoms with Crippen molar-refractivity contribution in [2.75, 3.05) is 33.9 Å². The number of amides is 2. The topological polar surface area (TPSA) is 71.4 Å². The van der Waals surface area contributed by atoms with Gasteiger partial charge in [-0.25, -0.2) is 13.8 Å². The van der Waals surface area contributed by atoms with E-state index in [1.165, 1.54) is 31.3 Å². The molecule has 1 atom stereocenters. The van der Waals surface area contributed by atoms with E-state index in [9.17, 15) is 18.4 Å². The lowest BCUT2D eigenvalue weighted by molar-refractivity contribution is -0.133. The number of carbonyl (C=O) groups excluding carboxylic acids is 2. The van der Waals surface area contributed by atoms with E-state index < -0.39 is 23.6 Å². The molecule has 0 radical (unpaired) electrons. The summed E-state index contributed by atoms with van der Waals surface area (Å²) in [6, 6.07) is 17.9. The van der Waals surface area contributed by atoms with E-state index >= 15 is 0 Å². The number of benzene rings is 3. The molecule has 1 heterocycles. The van der Waals surface area contributed by atoms with Crippen molar-refractivity contribution in [2.45, 2.75) is 12.5 Å². The van der Waals surface area contributed by atoms with Gasteiger partial charge in [-0.2, -0.15) is 5.10 Å². The number of hydrazone groups is 1. The fourth-order valence-corrected chi connectivity index (χ4v) is 4.19. The van der Waals surface area contributed by atoms with Gasteiger partial charge in [-0.05, 0) is 36.4 Å². The molecule has 0 aliphatic carbocycles. The summed E-state index contributed by atoms with van der Waals surface area (Å²) in [6.07, 6.45) is 0.123. The van der Waals surface area contributed by atoms with Crippen LogP contribution in [0.4, 0.5) is 8.78 Å². The van der Waals surface area contributed by atoms with Crippen LogP contribution in [0, 0.1) is 11.6 Å². The third-order valence-corrected chi connectivity index (χ3v) is 6.13. The first-order valence-electron chi connectivity index (χ1n) is 11.7. The third-order valence-electron chi connectivity index (χ3n) is 6.13. The highest BCUT2D eigenvalue weighted by Gasteiger charge is 2.36. The Labute approximate surface area is 213 Å². The maximum Gasteiger partial charge on any atom is 0.262 e. The van der Waals surface area contributed by atoms with Gasteiger partial charge in [0, 0.05) is 36.8 Å². The van der Waals surface area contributed by atoms with Crippen molar-refractivity contribution in [3.05, 3.63) is 101 Å². The molecule has 0 unspecified atom stereocenters. The lowest BCUT2D eigenvalue weighted by atomic mass is 9.97. The molecule has 192 valence electrons. The molecule has 1 aliphatic heterocycles. The van der Waals surface area contributed by atoms with Gasteiger partial charge in [-0.3, -0.25) is 9.59 Å². The van der Waals surface area contributed by atoms with Crippen molar-refractivity contribution >= 4 is 17.5 Å². The Morgan fingerprint density at radius 2 is 1.65 bits per heavy atom. The number of nitrogens with zero attached hydrogens (tertiary/aromatic N) is 3. The highest BCUT2D eigenvalue weighted by Crippen LogP contribution is 2.34. The van der Waals surface area contributed by atoms with Crippen LogP contribution in [0.1, 0.15) is 33.9 Å². The van der Waals surface area contributed by atoms with E-state index in [1.54, 1.807) is 60.7 Å². The van der Waals surface area contributed by atoms with Gasteiger partial charge in [-0.1, -0.05) is 36.4 Å². The lowest BCUT2D eigenvalue weighted by Gasteiger charge is -2.27. The standard InChI is InChI=1S/C28H27F2N3O4/c1-36-16-15-32(28(35)19-11-13-20(37-2)14-12-19)18-27(34)33-26(22-8-4-6-10-24(22)30)17-25(31-33)21-7-3-5-9-23(21)29/h3-14,26H,15-18H2,1-2H3/t26-/m1/s1. The lowest BCUT2D eigenvalue weighted by Crippen LogP contribution is -2.42. The minimum Gasteiger partial charge on any atom is -0.497 e. The van der Waals surface area contributed by atoms with Gasteiger partial charge in [0.25, 0.3) is 11.8 Å². The first-order valence-corrected chi connectivity index (χ1v) is 11.7. The fraction of sp³-hybridized carbons (Fsp3) is 0.250. The zero-order chi connectivity index (χ0) is 26.4. The number of hydrogen-bond donors (Lipinski definition) is 0.